The Morgan fingerprint density at radius 3 is 2.86 bits per heavy atom. The van der Waals surface area contributed by atoms with Crippen molar-refractivity contribution >= 4 is 11.3 Å². The molecule has 6 atom stereocenters. The fourth-order valence-electron chi connectivity index (χ4n) is 5.39. The maximum absolute atomic E-state index is 6.41. The van der Waals surface area contributed by atoms with E-state index in [0.717, 1.165) is 12.3 Å². The molecule has 0 spiro atoms. The van der Waals surface area contributed by atoms with Crippen molar-refractivity contribution in [2.24, 2.45) is 22.7 Å². The Morgan fingerprint density at radius 2 is 2.19 bits per heavy atom. The maximum atomic E-state index is 6.41. The lowest BCUT2D eigenvalue weighted by Gasteiger charge is -2.38. The zero-order valence-corrected chi connectivity index (χ0v) is 14.3. The average molecular weight is 306 g/mol. The number of fused-ring (bicyclic) bond motifs is 5. The van der Waals surface area contributed by atoms with Gasteiger partial charge >= 0.3 is 0 Å². The van der Waals surface area contributed by atoms with E-state index in [2.05, 4.69) is 45.2 Å². The second kappa shape index (κ2) is 4.56. The van der Waals surface area contributed by atoms with E-state index >= 15 is 0 Å². The van der Waals surface area contributed by atoms with Crippen LogP contribution in [0.3, 0.4) is 0 Å². The summed E-state index contributed by atoms with van der Waals surface area (Å²) in [5.74, 6) is 1.53. The third-order valence-electron chi connectivity index (χ3n) is 6.97. The van der Waals surface area contributed by atoms with Gasteiger partial charge in [0, 0.05) is 11.3 Å². The van der Waals surface area contributed by atoms with E-state index in [1.807, 2.05) is 0 Å². The van der Waals surface area contributed by atoms with Gasteiger partial charge in [-0.2, -0.15) is 0 Å². The lowest BCUT2D eigenvalue weighted by Crippen LogP contribution is -2.37. The highest BCUT2D eigenvalue weighted by molar-refractivity contribution is 7.10. The standard InChI is InChI=1S/C18H26O2S/c1-11(14-6-5-9-21-14)19-15-10-12-13-7-8-18(4,16(12)20-15)17(13,2)3/h5-6,9,11-13,15-16H,7-8,10H2,1-4H3/t11-,12-,13+,15-,16-,18-/m0/s1. The summed E-state index contributed by atoms with van der Waals surface area (Å²) >= 11 is 1.77. The average Bonchev–Trinajstić information content (AvgIpc) is 3.12. The molecule has 3 heteroatoms. The van der Waals surface area contributed by atoms with Crippen LogP contribution in [-0.4, -0.2) is 12.4 Å². The minimum absolute atomic E-state index is 0.00637. The fraction of sp³-hybridized carbons (Fsp3) is 0.778. The van der Waals surface area contributed by atoms with Crippen LogP contribution in [0.1, 0.15) is 57.9 Å². The van der Waals surface area contributed by atoms with Crippen LogP contribution in [-0.2, 0) is 9.47 Å². The van der Waals surface area contributed by atoms with Gasteiger partial charge in [0.1, 0.15) is 0 Å². The van der Waals surface area contributed by atoms with Crippen molar-refractivity contribution in [3.63, 3.8) is 0 Å². The molecule has 2 nitrogen and oxygen atoms in total. The van der Waals surface area contributed by atoms with E-state index in [9.17, 15) is 0 Å². The number of hydrogen-bond donors (Lipinski definition) is 0. The Bertz CT molecular complexity index is 523. The Morgan fingerprint density at radius 1 is 1.38 bits per heavy atom. The second-order valence-electron chi connectivity index (χ2n) is 7.96. The topological polar surface area (TPSA) is 18.5 Å². The Balaban J connectivity index is 1.48. The van der Waals surface area contributed by atoms with Crippen LogP contribution in [0.5, 0.6) is 0 Å². The second-order valence-corrected chi connectivity index (χ2v) is 8.94. The summed E-state index contributed by atoms with van der Waals surface area (Å²) < 4.78 is 12.6. The highest BCUT2D eigenvalue weighted by atomic mass is 32.1. The molecule has 2 bridgehead atoms. The maximum Gasteiger partial charge on any atom is 0.159 e. The molecule has 1 aromatic heterocycles. The van der Waals surface area contributed by atoms with Crippen LogP contribution in [0.4, 0.5) is 0 Å². The number of rotatable bonds is 3. The van der Waals surface area contributed by atoms with E-state index in [-0.39, 0.29) is 12.4 Å². The van der Waals surface area contributed by atoms with Crippen molar-refractivity contribution in [3.8, 4) is 0 Å². The molecular formula is C18H26O2S. The molecule has 2 aliphatic carbocycles. The molecule has 21 heavy (non-hydrogen) atoms. The summed E-state index contributed by atoms with van der Waals surface area (Å²) in [6, 6.07) is 4.24. The predicted octanol–water partition coefficient (Wildman–Crippen LogP) is 5.01. The zero-order chi connectivity index (χ0) is 14.8. The fourth-order valence-corrected chi connectivity index (χ4v) is 6.11. The van der Waals surface area contributed by atoms with Gasteiger partial charge in [-0.05, 0) is 53.9 Å². The molecule has 3 aliphatic rings. The highest BCUT2D eigenvalue weighted by Gasteiger charge is 2.69. The highest BCUT2D eigenvalue weighted by Crippen LogP contribution is 2.71. The van der Waals surface area contributed by atoms with E-state index in [1.54, 1.807) is 11.3 Å². The first-order valence-electron chi connectivity index (χ1n) is 8.28. The van der Waals surface area contributed by atoms with Gasteiger partial charge in [-0.1, -0.05) is 26.8 Å². The van der Waals surface area contributed by atoms with Gasteiger partial charge in [-0.25, -0.2) is 0 Å². The van der Waals surface area contributed by atoms with Gasteiger partial charge in [0.25, 0.3) is 0 Å². The smallest absolute Gasteiger partial charge is 0.159 e. The summed E-state index contributed by atoms with van der Waals surface area (Å²) in [6.45, 7) is 9.50. The summed E-state index contributed by atoms with van der Waals surface area (Å²) in [5, 5.41) is 2.11. The molecule has 2 saturated carbocycles. The lowest BCUT2D eigenvalue weighted by molar-refractivity contribution is -0.183. The first-order valence-corrected chi connectivity index (χ1v) is 9.16. The molecule has 1 saturated heterocycles. The van der Waals surface area contributed by atoms with Crippen LogP contribution in [0, 0.1) is 22.7 Å². The Hall–Kier alpha value is -0.380. The number of hydrogen-bond acceptors (Lipinski definition) is 3. The summed E-state index contributed by atoms with van der Waals surface area (Å²) in [6.07, 6.45) is 4.33. The predicted molar refractivity (Wildman–Crippen MR) is 85.2 cm³/mol. The summed E-state index contributed by atoms with van der Waals surface area (Å²) in [7, 11) is 0. The summed E-state index contributed by atoms with van der Waals surface area (Å²) in [4.78, 5) is 1.30. The number of ether oxygens (including phenoxy) is 2. The third-order valence-corrected chi connectivity index (χ3v) is 8.00. The van der Waals surface area contributed by atoms with E-state index in [1.165, 1.54) is 17.7 Å². The molecule has 0 radical (unpaired) electrons. The van der Waals surface area contributed by atoms with E-state index in [4.69, 9.17) is 9.47 Å². The van der Waals surface area contributed by atoms with Crippen molar-refractivity contribution in [1.82, 2.24) is 0 Å². The van der Waals surface area contributed by atoms with Crippen molar-refractivity contribution in [2.75, 3.05) is 0 Å². The van der Waals surface area contributed by atoms with Gasteiger partial charge in [-0.15, -0.1) is 11.3 Å². The van der Waals surface area contributed by atoms with E-state index < -0.39 is 0 Å². The molecule has 2 heterocycles. The minimum atomic E-state index is -0.00637. The zero-order valence-electron chi connectivity index (χ0n) is 13.5. The van der Waals surface area contributed by atoms with Crippen LogP contribution < -0.4 is 0 Å². The molecule has 0 amide bonds. The van der Waals surface area contributed by atoms with Crippen molar-refractivity contribution in [2.45, 2.75) is 65.5 Å². The van der Waals surface area contributed by atoms with Gasteiger partial charge < -0.3 is 9.47 Å². The van der Waals surface area contributed by atoms with Gasteiger partial charge in [0.05, 0.1) is 12.2 Å². The summed E-state index contributed by atoms with van der Waals surface area (Å²) in [5.41, 5.74) is 0.763. The third kappa shape index (κ3) is 1.83. The molecule has 0 N–H and O–H groups in total. The molecule has 0 aromatic carbocycles. The van der Waals surface area contributed by atoms with Gasteiger partial charge in [0.2, 0.25) is 0 Å². The molecule has 1 aliphatic heterocycles. The number of thiophene rings is 1. The van der Waals surface area contributed by atoms with Gasteiger partial charge in [-0.3, -0.25) is 0 Å². The van der Waals surface area contributed by atoms with Crippen LogP contribution in [0.15, 0.2) is 17.5 Å². The first kappa shape index (κ1) is 14.2. The molecular weight excluding hydrogens is 280 g/mol. The quantitative estimate of drug-likeness (QED) is 0.781. The SMILES string of the molecule is C[C@H](O[C@@H]1C[C@H]2[C@H]3CC[C@@](C)([C@H]2O1)C3(C)C)c1cccs1. The Labute approximate surface area is 131 Å². The van der Waals surface area contributed by atoms with Crippen molar-refractivity contribution < 1.29 is 9.47 Å². The van der Waals surface area contributed by atoms with Crippen LogP contribution >= 0.6 is 11.3 Å². The monoisotopic (exact) mass is 306 g/mol. The van der Waals surface area contributed by atoms with Crippen molar-refractivity contribution in [1.29, 1.82) is 0 Å². The minimum Gasteiger partial charge on any atom is -0.349 e. The molecule has 116 valence electrons. The van der Waals surface area contributed by atoms with Crippen LogP contribution in [0.2, 0.25) is 0 Å². The Kier molecular flexibility index (Phi) is 3.09. The normalized spacial score (nSPS) is 45.0. The molecule has 4 rings (SSSR count). The van der Waals surface area contributed by atoms with Crippen LogP contribution in [0.25, 0.3) is 0 Å². The molecule has 3 fully saturated rings. The molecule has 1 aromatic rings. The first-order chi connectivity index (χ1) is 9.93. The molecule has 0 unspecified atom stereocenters. The van der Waals surface area contributed by atoms with E-state index in [0.29, 0.717) is 22.9 Å². The lowest BCUT2D eigenvalue weighted by atomic mass is 9.70. The van der Waals surface area contributed by atoms with Crippen molar-refractivity contribution in [3.05, 3.63) is 22.4 Å². The van der Waals surface area contributed by atoms with Gasteiger partial charge in [0.15, 0.2) is 6.29 Å². The largest absolute Gasteiger partial charge is 0.349 e.